The molecule has 0 radical (unpaired) electrons. The first kappa shape index (κ1) is 13.6. The first-order chi connectivity index (χ1) is 9.64. The molecule has 2 nitrogen and oxygen atoms in total. The Balaban J connectivity index is 1.39. The van der Waals surface area contributed by atoms with Gasteiger partial charge in [0.2, 0.25) is 0 Å². The quantitative estimate of drug-likeness (QED) is 0.847. The maximum atomic E-state index is 5.71. The Labute approximate surface area is 124 Å². The molecule has 0 aromatic carbocycles. The first-order valence-electron chi connectivity index (χ1n) is 8.99. The number of hydrogen-bond donors (Lipinski definition) is 1. The van der Waals surface area contributed by atoms with E-state index in [-0.39, 0.29) is 0 Å². The molecule has 5 fully saturated rings. The Kier molecular flexibility index (Phi) is 3.38. The molecule has 1 heterocycles. The average molecular weight is 277 g/mol. The zero-order chi connectivity index (χ0) is 13.7. The summed E-state index contributed by atoms with van der Waals surface area (Å²) in [4.78, 5) is 0. The van der Waals surface area contributed by atoms with Gasteiger partial charge < -0.3 is 10.1 Å². The lowest BCUT2D eigenvalue weighted by Crippen LogP contribution is -2.55. The fourth-order valence-electron chi connectivity index (χ4n) is 6.30. The minimum atomic E-state index is 0.464. The fraction of sp³-hybridized carbons (Fsp3) is 1.00. The largest absolute Gasteiger partial charge is 0.378 e. The SMILES string of the molecule is CC1OCCC1CNC(C)C12CC3CC(CC(C3)C1)C2. The summed E-state index contributed by atoms with van der Waals surface area (Å²) in [7, 11) is 0. The van der Waals surface area contributed by atoms with Crippen molar-refractivity contribution >= 4 is 0 Å². The Morgan fingerprint density at radius 3 is 2.20 bits per heavy atom. The Hall–Kier alpha value is -0.0800. The maximum Gasteiger partial charge on any atom is 0.0588 e. The van der Waals surface area contributed by atoms with Crippen molar-refractivity contribution in [2.45, 2.75) is 70.9 Å². The van der Waals surface area contributed by atoms with Crippen molar-refractivity contribution in [3.05, 3.63) is 0 Å². The summed E-state index contributed by atoms with van der Waals surface area (Å²) in [6.07, 6.45) is 10.9. The van der Waals surface area contributed by atoms with E-state index in [1.807, 2.05) is 0 Å². The second kappa shape index (κ2) is 4.98. The van der Waals surface area contributed by atoms with Gasteiger partial charge in [-0.3, -0.25) is 0 Å². The molecule has 20 heavy (non-hydrogen) atoms. The van der Waals surface area contributed by atoms with E-state index in [2.05, 4.69) is 19.2 Å². The van der Waals surface area contributed by atoms with Crippen LogP contribution in [0.2, 0.25) is 0 Å². The second-order valence-electron chi connectivity index (χ2n) is 8.53. The van der Waals surface area contributed by atoms with E-state index >= 15 is 0 Å². The molecule has 3 unspecified atom stereocenters. The molecule has 1 aliphatic heterocycles. The summed E-state index contributed by atoms with van der Waals surface area (Å²) in [5, 5.41) is 3.93. The van der Waals surface area contributed by atoms with Crippen LogP contribution in [-0.2, 0) is 4.74 Å². The smallest absolute Gasteiger partial charge is 0.0588 e. The minimum absolute atomic E-state index is 0.464. The molecule has 2 heteroatoms. The van der Waals surface area contributed by atoms with Crippen LogP contribution in [0.5, 0.6) is 0 Å². The summed E-state index contributed by atoms with van der Waals surface area (Å²) in [5.74, 6) is 3.95. The molecule has 1 saturated heterocycles. The lowest BCUT2D eigenvalue weighted by atomic mass is 9.48. The molecule has 0 spiro atoms. The predicted octanol–water partition coefficient (Wildman–Crippen LogP) is 3.61. The van der Waals surface area contributed by atoms with Gasteiger partial charge in [-0.05, 0) is 87.9 Å². The Bertz CT molecular complexity index is 331. The fourth-order valence-corrected chi connectivity index (χ4v) is 6.30. The van der Waals surface area contributed by atoms with Crippen LogP contribution < -0.4 is 5.32 Å². The average Bonchev–Trinajstić information content (AvgIpc) is 2.80. The predicted molar refractivity (Wildman–Crippen MR) is 81.6 cm³/mol. The van der Waals surface area contributed by atoms with Gasteiger partial charge in [0.05, 0.1) is 6.10 Å². The van der Waals surface area contributed by atoms with E-state index in [0.717, 1.165) is 30.3 Å². The van der Waals surface area contributed by atoms with Crippen LogP contribution in [0.1, 0.15) is 58.8 Å². The lowest BCUT2D eigenvalue weighted by Gasteiger charge is -2.59. The van der Waals surface area contributed by atoms with Gasteiger partial charge in [-0.2, -0.15) is 0 Å². The van der Waals surface area contributed by atoms with Crippen molar-refractivity contribution in [1.82, 2.24) is 5.32 Å². The summed E-state index contributed by atoms with van der Waals surface area (Å²) in [6.45, 7) is 6.87. The summed E-state index contributed by atoms with van der Waals surface area (Å²) < 4.78 is 5.71. The molecular formula is C18H31NO. The van der Waals surface area contributed by atoms with Crippen LogP contribution in [0.4, 0.5) is 0 Å². The molecule has 4 aliphatic carbocycles. The van der Waals surface area contributed by atoms with Gasteiger partial charge in [-0.25, -0.2) is 0 Å². The minimum Gasteiger partial charge on any atom is -0.378 e. The van der Waals surface area contributed by atoms with E-state index < -0.39 is 0 Å². The third kappa shape index (κ3) is 2.23. The maximum absolute atomic E-state index is 5.71. The zero-order valence-corrected chi connectivity index (χ0v) is 13.2. The van der Waals surface area contributed by atoms with Crippen LogP contribution in [0.15, 0.2) is 0 Å². The van der Waals surface area contributed by atoms with Crippen LogP contribution >= 0.6 is 0 Å². The van der Waals surface area contributed by atoms with Gasteiger partial charge in [0, 0.05) is 19.2 Å². The molecule has 1 N–H and O–H groups in total. The third-order valence-electron chi connectivity index (χ3n) is 7.22. The third-order valence-corrected chi connectivity index (χ3v) is 7.22. The molecule has 4 saturated carbocycles. The Morgan fingerprint density at radius 2 is 1.70 bits per heavy atom. The molecule has 0 aromatic rings. The van der Waals surface area contributed by atoms with Crippen molar-refractivity contribution < 1.29 is 4.74 Å². The normalized spacial score (nSPS) is 51.6. The molecule has 5 aliphatic rings. The van der Waals surface area contributed by atoms with Gasteiger partial charge in [0.25, 0.3) is 0 Å². The standard InChI is InChI=1S/C18H31NO/c1-12-17(3-4-20-12)11-19-13(2)18-8-14-5-15(9-18)7-16(6-14)10-18/h12-17,19H,3-11H2,1-2H3. The van der Waals surface area contributed by atoms with Gasteiger partial charge in [0.1, 0.15) is 0 Å². The van der Waals surface area contributed by atoms with Crippen LogP contribution in [0.3, 0.4) is 0 Å². The molecule has 0 aromatic heterocycles. The van der Waals surface area contributed by atoms with Crippen molar-refractivity contribution in [2.75, 3.05) is 13.2 Å². The summed E-state index contributed by atoms with van der Waals surface area (Å²) in [5.41, 5.74) is 0.650. The molecule has 114 valence electrons. The van der Waals surface area contributed by atoms with Gasteiger partial charge in [0.15, 0.2) is 0 Å². The van der Waals surface area contributed by atoms with Crippen molar-refractivity contribution in [3.63, 3.8) is 0 Å². The lowest BCUT2D eigenvalue weighted by molar-refractivity contribution is -0.0711. The topological polar surface area (TPSA) is 21.3 Å². The summed E-state index contributed by atoms with van der Waals surface area (Å²) in [6, 6.07) is 0.712. The number of rotatable bonds is 4. The highest BCUT2D eigenvalue weighted by molar-refractivity contribution is 5.05. The molecule has 5 rings (SSSR count). The van der Waals surface area contributed by atoms with E-state index in [0.29, 0.717) is 17.6 Å². The van der Waals surface area contributed by atoms with E-state index in [1.54, 1.807) is 19.3 Å². The molecule has 3 atom stereocenters. The molecule has 0 amide bonds. The number of ether oxygens (including phenoxy) is 1. The summed E-state index contributed by atoms with van der Waals surface area (Å²) >= 11 is 0. The van der Waals surface area contributed by atoms with E-state index in [4.69, 9.17) is 4.74 Å². The second-order valence-corrected chi connectivity index (χ2v) is 8.53. The van der Waals surface area contributed by atoms with Crippen molar-refractivity contribution in [1.29, 1.82) is 0 Å². The van der Waals surface area contributed by atoms with E-state index in [1.165, 1.54) is 32.2 Å². The van der Waals surface area contributed by atoms with Gasteiger partial charge >= 0.3 is 0 Å². The molecular weight excluding hydrogens is 246 g/mol. The highest BCUT2D eigenvalue weighted by Gasteiger charge is 2.53. The van der Waals surface area contributed by atoms with Crippen LogP contribution in [0.25, 0.3) is 0 Å². The highest BCUT2D eigenvalue weighted by atomic mass is 16.5. The van der Waals surface area contributed by atoms with E-state index in [9.17, 15) is 0 Å². The van der Waals surface area contributed by atoms with Crippen LogP contribution in [0, 0.1) is 29.1 Å². The monoisotopic (exact) mass is 277 g/mol. The number of hydrogen-bond acceptors (Lipinski definition) is 2. The number of nitrogens with one attached hydrogen (secondary N) is 1. The molecule has 4 bridgehead atoms. The van der Waals surface area contributed by atoms with Crippen LogP contribution in [-0.4, -0.2) is 25.3 Å². The first-order valence-corrected chi connectivity index (χ1v) is 8.99. The van der Waals surface area contributed by atoms with Crippen molar-refractivity contribution in [2.24, 2.45) is 29.1 Å². The van der Waals surface area contributed by atoms with Crippen molar-refractivity contribution in [3.8, 4) is 0 Å². The highest BCUT2D eigenvalue weighted by Crippen LogP contribution is 2.61. The Morgan fingerprint density at radius 1 is 1.10 bits per heavy atom. The zero-order valence-electron chi connectivity index (χ0n) is 13.2. The van der Waals surface area contributed by atoms with Gasteiger partial charge in [-0.15, -0.1) is 0 Å². The van der Waals surface area contributed by atoms with Gasteiger partial charge in [-0.1, -0.05) is 0 Å².